The van der Waals surface area contributed by atoms with E-state index in [1.807, 2.05) is 17.8 Å². The largest absolute Gasteiger partial charge is 0.374 e. The molecular weight excluding hydrogens is 216 g/mol. The van der Waals surface area contributed by atoms with E-state index < -0.39 is 0 Å². The smallest absolute Gasteiger partial charge is 0.139 e. The second kappa shape index (κ2) is 4.26. The summed E-state index contributed by atoms with van der Waals surface area (Å²) in [6.07, 6.45) is 6.96. The number of nitrogens with zero attached hydrogens (tertiary/aromatic N) is 2. The molecule has 3 atom stereocenters. The summed E-state index contributed by atoms with van der Waals surface area (Å²) in [5.41, 5.74) is 1.13. The van der Waals surface area contributed by atoms with Crippen molar-refractivity contribution in [3.05, 3.63) is 18.0 Å². The average Bonchev–Trinajstić information content (AvgIpc) is 3.01. The molecule has 17 heavy (non-hydrogen) atoms. The minimum absolute atomic E-state index is 0.168. The number of fused-ring (bicyclic) bond motifs is 2. The van der Waals surface area contributed by atoms with Crippen molar-refractivity contribution in [3.8, 4) is 0 Å². The van der Waals surface area contributed by atoms with Gasteiger partial charge < -0.3 is 4.74 Å². The third-order valence-electron chi connectivity index (χ3n) is 4.07. The first-order valence-electron chi connectivity index (χ1n) is 6.39. The van der Waals surface area contributed by atoms with Gasteiger partial charge in [-0.25, -0.2) is 0 Å². The number of ether oxygens (including phenoxy) is 1. The number of carbonyl (C=O) groups excluding carboxylic acids is 1. The first-order valence-corrected chi connectivity index (χ1v) is 6.39. The van der Waals surface area contributed by atoms with E-state index in [1.165, 1.54) is 0 Å². The quantitative estimate of drug-likeness (QED) is 0.792. The Bertz CT molecular complexity index is 427. The highest BCUT2D eigenvalue weighted by atomic mass is 16.5. The van der Waals surface area contributed by atoms with Crippen molar-refractivity contribution >= 4 is 5.78 Å². The predicted molar refractivity (Wildman–Crippen MR) is 62.5 cm³/mol. The molecule has 2 bridgehead atoms. The summed E-state index contributed by atoms with van der Waals surface area (Å²) in [4.78, 5) is 12.1. The molecule has 0 aliphatic carbocycles. The molecule has 0 spiro atoms. The fourth-order valence-electron chi connectivity index (χ4n) is 3.06. The number of aromatic nitrogens is 2. The van der Waals surface area contributed by atoms with Crippen LogP contribution in [0.2, 0.25) is 0 Å². The minimum Gasteiger partial charge on any atom is -0.374 e. The number of aryl methyl sites for hydroxylation is 2. The Kier molecular flexibility index (Phi) is 2.74. The van der Waals surface area contributed by atoms with Gasteiger partial charge in [0.2, 0.25) is 0 Å². The van der Waals surface area contributed by atoms with Crippen LogP contribution in [0.5, 0.6) is 0 Å². The normalized spacial score (nSPS) is 31.0. The number of carbonyl (C=O) groups is 1. The van der Waals surface area contributed by atoms with Gasteiger partial charge in [-0.3, -0.25) is 9.48 Å². The fourth-order valence-corrected chi connectivity index (χ4v) is 3.06. The second-order valence-electron chi connectivity index (χ2n) is 5.13. The van der Waals surface area contributed by atoms with Crippen molar-refractivity contribution in [1.29, 1.82) is 0 Å². The minimum atomic E-state index is 0.168. The van der Waals surface area contributed by atoms with Gasteiger partial charge >= 0.3 is 0 Å². The summed E-state index contributed by atoms with van der Waals surface area (Å²) >= 11 is 0. The Morgan fingerprint density at radius 3 is 3.06 bits per heavy atom. The van der Waals surface area contributed by atoms with Crippen molar-refractivity contribution in [3.63, 3.8) is 0 Å². The summed E-state index contributed by atoms with van der Waals surface area (Å²) in [7, 11) is 1.92. The van der Waals surface area contributed by atoms with E-state index in [0.29, 0.717) is 18.3 Å². The van der Waals surface area contributed by atoms with Gasteiger partial charge in [-0.1, -0.05) is 0 Å². The molecule has 3 rings (SSSR count). The van der Waals surface area contributed by atoms with Gasteiger partial charge in [0.25, 0.3) is 0 Å². The number of Topliss-reactive ketones (excluding diaryl/α,β-unsaturated/α-hetero) is 1. The topological polar surface area (TPSA) is 44.1 Å². The van der Waals surface area contributed by atoms with E-state index in [2.05, 4.69) is 5.10 Å². The lowest BCUT2D eigenvalue weighted by molar-refractivity contribution is -0.124. The summed E-state index contributed by atoms with van der Waals surface area (Å²) in [5.74, 6) is 0.542. The van der Waals surface area contributed by atoms with Crippen molar-refractivity contribution in [2.45, 2.75) is 44.3 Å². The number of hydrogen-bond acceptors (Lipinski definition) is 3. The molecule has 4 nitrogen and oxygen atoms in total. The SMILES string of the molecule is Cn1nccc1CCC(=O)C1CC2CCC1O2. The van der Waals surface area contributed by atoms with Crippen LogP contribution in [0.25, 0.3) is 0 Å². The Morgan fingerprint density at radius 1 is 1.59 bits per heavy atom. The average molecular weight is 234 g/mol. The summed E-state index contributed by atoms with van der Waals surface area (Å²) < 4.78 is 7.57. The Balaban J connectivity index is 1.56. The predicted octanol–water partition coefficient (Wildman–Crippen LogP) is 1.49. The van der Waals surface area contributed by atoms with E-state index in [0.717, 1.165) is 31.4 Å². The lowest BCUT2D eigenvalue weighted by Gasteiger charge is -2.16. The number of rotatable bonds is 4. The van der Waals surface area contributed by atoms with Gasteiger partial charge in [0.15, 0.2) is 0 Å². The molecule has 1 aromatic heterocycles. The third kappa shape index (κ3) is 2.02. The van der Waals surface area contributed by atoms with E-state index in [9.17, 15) is 4.79 Å². The van der Waals surface area contributed by atoms with Crippen molar-refractivity contribution in [2.24, 2.45) is 13.0 Å². The lowest BCUT2D eigenvalue weighted by Crippen LogP contribution is -2.25. The van der Waals surface area contributed by atoms with Gasteiger partial charge in [0, 0.05) is 31.3 Å². The Labute approximate surface area is 101 Å². The standard InChI is InChI=1S/C13H18N2O2/c1-15-9(6-7-14-15)2-4-12(16)11-8-10-3-5-13(11)17-10/h6-7,10-11,13H,2-5,8H2,1H3. The van der Waals surface area contributed by atoms with E-state index in [1.54, 1.807) is 6.20 Å². The maximum absolute atomic E-state index is 12.1. The number of ketones is 1. The molecular formula is C13H18N2O2. The van der Waals surface area contributed by atoms with Crippen LogP contribution in [-0.4, -0.2) is 27.8 Å². The van der Waals surface area contributed by atoms with E-state index in [4.69, 9.17) is 4.74 Å². The van der Waals surface area contributed by atoms with Gasteiger partial charge in [-0.15, -0.1) is 0 Å². The summed E-state index contributed by atoms with van der Waals surface area (Å²) in [6.45, 7) is 0. The van der Waals surface area contributed by atoms with Crippen LogP contribution in [0.4, 0.5) is 0 Å². The zero-order valence-corrected chi connectivity index (χ0v) is 10.1. The third-order valence-corrected chi connectivity index (χ3v) is 4.07. The first kappa shape index (κ1) is 11.0. The molecule has 2 saturated heterocycles. The molecule has 1 aromatic rings. The van der Waals surface area contributed by atoms with E-state index >= 15 is 0 Å². The molecule has 0 saturated carbocycles. The lowest BCUT2D eigenvalue weighted by atomic mass is 9.84. The highest BCUT2D eigenvalue weighted by Gasteiger charge is 2.43. The molecule has 0 aromatic carbocycles. The fraction of sp³-hybridized carbons (Fsp3) is 0.692. The molecule has 0 amide bonds. The molecule has 2 fully saturated rings. The molecule has 3 heterocycles. The van der Waals surface area contributed by atoms with Crippen LogP contribution in [0, 0.1) is 5.92 Å². The zero-order valence-electron chi connectivity index (χ0n) is 10.1. The highest BCUT2D eigenvalue weighted by molar-refractivity contribution is 5.82. The van der Waals surface area contributed by atoms with Crippen LogP contribution in [-0.2, 0) is 23.0 Å². The van der Waals surface area contributed by atoms with Crippen LogP contribution >= 0.6 is 0 Å². The zero-order chi connectivity index (χ0) is 11.8. The van der Waals surface area contributed by atoms with Crippen molar-refractivity contribution in [1.82, 2.24) is 9.78 Å². The molecule has 0 radical (unpaired) electrons. The van der Waals surface area contributed by atoms with Crippen LogP contribution in [0.1, 0.15) is 31.4 Å². The summed E-state index contributed by atoms with van der Waals surface area (Å²) in [6, 6.07) is 1.98. The van der Waals surface area contributed by atoms with Crippen molar-refractivity contribution in [2.75, 3.05) is 0 Å². The van der Waals surface area contributed by atoms with E-state index in [-0.39, 0.29) is 12.0 Å². The van der Waals surface area contributed by atoms with Gasteiger partial charge in [0.05, 0.1) is 12.2 Å². The van der Waals surface area contributed by atoms with Gasteiger partial charge in [-0.05, 0) is 31.7 Å². The van der Waals surface area contributed by atoms with Gasteiger partial charge in [0.1, 0.15) is 5.78 Å². The van der Waals surface area contributed by atoms with Crippen molar-refractivity contribution < 1.29 is 9.53 Å². The van der Waals surface area contributed by atoms with Crippen LogP contribution in [0.15, 0.2) is 12.3 Å². The molecule has 4 heteroatoms. The number of hydrogen-bond donors (Lipinski definition) is 0. The Hall–Kier alpha value is -1.16. The Morgan fingerprint density at radius 2 is 2.47 bits per heavy atom. The highest BCUT2D eigenvalue weighted by Crippen LogP contribution is 2.39. The maximum atomic E-state index is 12.1. The molecule has 2 aliphatic rings. The van der Waals surface area contributed by atoms with Crippen LogP contribution in [0.3, 0.4) is 0 Å². The van der Waals surface area contributed by atoms with Gasteiger partial charge in [-0.2, -0.15) is 5.10 Å². The van der Waals surface area contributed by atoms with Crippen LogP contribution < -0.4 is 0 Å². The monoisotopic (exact) mass is 234 g/mol. The maximum Gasteiger partial charge on any atom is 0.139 e. The second-order valence-corrected chi connectivity index (χ2v) is 5.13. The first-order chi connectivity index (χ1) is 8.24. The summed E-state index contributed by atoms with van der Waals surface area (Å²) in [5, 5.41) is 4.11. The molecule has 2 aliphatic heterocycles. The molecule has 0 N–H and O–H groups in total. The molecule has 92 valence electrons. The molecule has 3 unspecified atom stereocenters.